The summed E-state index contributed by atoms with van der Waals surface area (Å²) in [6, 6.07) is 3.75. The van der Waals surface area contributed by atoms with Gasteiger partial charge in [0.15, 0.2) is 5.82 Å². The van der Waals surface area contributed by atoms with Crippen LogP contribution in [-0.2, 0) is 6.54 Å². The van der Waals surface area contributed by atoms with E-state index in [0.29, 0.717) is 11.8 Å². The van der Waals surface area contributed by atoms with Crippen molar-refractivity contribution in [1.82, 2.24) is 25.3 Å². The van der Waals surface area contributed by atoms with Crippen LogP contribution in [0.15, 0.2) is 29.0 Å². The zero-order chi connectivity index (χ0) is 17.6. The number of hydrogen-bond acceptors (Lipinski definition) is 5. The molecule has 0 aromatic carbocycles. The third-order valence-electron chi connectivity index (χ3n) is 4.51. The fourth-order valence-electron chi connectivity index (χ4n) is 2.82. The molecule has 1 atom stereocenters. The van der Waals surface area contributed by atoms with E-state index in [-0.39, 0.29) is 18.6 Å². The minimum Gasteiger partial charge on any atom is -0.337 e. The highest BCUT2D eigenvalue weighted by atomic mass is 16.5. The average Bonchev–Trinajstić information content (AvgIpc) is 3.39. The van der Waals surface area contributed by atoms with Gasteiger partial charge < -0.3 is 14.7 Å². The summed E-state index contributed by atoms with van der Waals surface area (Å²) in [5, 5.41) is 6.83. The van der Waals surface area contributed by atoms with Crippen molar-refractivity contribution >= 4 is 6.03 Å². The van der Waals surface area contributed by atoms with Gasteiger partial charge in [0.1, 0.15) is 0 Å². The topological polar surface area (TPSA) is 84.2 Å². The molecule has 134 valence electrons. The third kappa shape index (κ3) is 4.55. The lowest BCUT2D eigenvalue weighted by atomic mass is 10.0. The molecule has 3 rings (SSSR count). The zero-order valence-corrected chi connectivity index (χ0v) is 14.8. The number of unbranched alkanes of at least 4 members (excludes halogenated alkanes) is 1. The minimum atomic E-state index is -0.156. The SMILES string of the molecule is CCCC[C@H](c1cccnc1)N(C)C(=O)NCc1nc(C2CC2)no1. The predicted octanol–water partition coefficient (Wildman–Crippen LogP) is 3.41. The van der Waals surface area contributed by atoms with Crippen LogP contribution >= 0.6 is 0 Å². The van der Waals surface area contributed by atoms with E-state index < -0.39 is 0 Å². The summed E-state index contributed by atoms with van der Waals surface area (Å²) in [5.74, 6) is 1.66. The van der Waals surface area contributed by atoms with Crippen LogP contribution in [-0.4, -0.2) is 33.1 Å². The number of urea groups is 1. The van der Waals surface area contributed by atoms with E-state index >= 15 is 0 Å². The van der Waals surface area contributed by atoms with E-state index in [1.165, 1.54) is 0 Å². The Balaban J connectivity index is 1.59. The second-order valence-electron chi connectivity index (χ2n) is 6.53. The molecular weight excluding hydrogens is 318 g/mol. The van der Waals surface area contributed by atoms with Crippen LogP contribution in [0.3, 0.4) is 0 Å². The second kappa shape index (κ2) is 8.09. The Morgan fingerprint density at radius 3 is 3.00 bits per heavy atom. The van der Waals surface area contributed by atoms with E-state index in [4.69, 9.17) is 4.52 Å². The van der Waals surface area contributed by atoms with Gasteiger partial charge in [-0.1, -0.05) is 31.0 Å². The number of hydrogen-bond donors (Lipinski definition) is 1. The number of nitrogens with one attached hydrogen (secondary N) is 1. The molecule has 7 nitrogen and oxygen atoms in total. The normalized spacial score (nSPS) is 15.0. The van der Waals surface area contributed by atoms with E-state index in [0.717, 1.165) is 43.5 Å². The Kier molecular flexibility index (Phi) is 5.63. The number of amides is 2. The molecule has 0 spiro atoms. The number of carbonyl (C=O) groups is 1. The van der Waals surface area contributed by atoms with E-state index in [1.807, 2.05) is 25.4 Å². The van der Waals surface area contributed by atoms with Gasteiger partial charge in [0, 0.05) is 25.4 Å². The smallest absolute Gasteiger partial charge is 0.318 e. The predicted molar refractivity (Wildman–Crippen MR) is 92.8 cm³/mol. The van der Waals surface area contributed by atoms with Gasteiger partial charge in [-0.3, -0.25) is 4.98 Å². The van der Waals surface area contributed by atoms with Gasteiger partial charge in [-0.15, -0.1) is 0 Å². The Morgan fingerprint density at radius 1 is 1.48 bits per heavy atom. The average molecular weight is 343 g/mol. The molecule has 1 aliphatic carbocycles. The van der Waals surface area contributed by atoms with Gasteiger partial charge in [-0.05, 0) is 30.9 Å². The van der Waals surface area contributed by atoms with Crippen LogP contribution in [0.2, 0.25) is 0 Å². The van der Waals surface area contributed by atoms with Gasteiger partial charge in [-0.2, -0.15) is 4.98 Å². The molecule has 1 saturated carbocycles. The first-order chi connectivity index (χ1) is 12.2. The first kappa shape index (κ1) is 17.4. The first-order valence-corrected chi connectivity index (χ1v) is 8.92. The number of pyridine rings is 1. The number of rotatable bonds is 8. The second-order valence-corrected chi connectivity index (χ2v) is 6.53. The Bertz CT molecular complexity index is 684. The van der Waals surface area contributed by atoms with E-state index in [2.05, 4.69) is 27.4 Å². The van der Waals surface area contributed by atoms with Crippen molar-refractivity contribution in [3.8, 4) is 0 Å². The highest BCUT2D eigenvalue weighted by Gasteiger charge is 2.29. The fourth-order valence-corrected chi connectivity index (χ4v) is 2.82. The van der Waals surface area contributed by atoms with Gasteiger partial charge in [-0.25, -0.2) is 4.79 Å². The van der Waals surface area contributed by atoms with Gasteiger partial charge in [0.05, 0.1) is 12.6 Å². The van der Waals surface area contributed by atoms with Crippen LogP contribution in [0.5, 0.6) is 0 Å². The molecule has 1 aliphatic rings. The molecule has 2 aromatic rings. The van der Waals surface area contributed by atoms with Crippen LogP contribution < -0.4 is 5.32 Å². The molecule has 1 fully saturated rings. The summed E-state index contributed by atoms with van der Waals surface area (Å²) in [5.41, 5.74) is 1.04. The molecule has 0 aliphatic heterocycles. The maximum atomic E-state index is 12.6. The Morgan fingerprint density at radius 2 is 2.32 bits per heavy atom. The molecule has 25 heavy (non-hydrogen) atoms. The van der Waals surface area contributed by atoms with Crippen LogP contribution in [0.4, 0.5) is 4.79 Å². The van der Waals surface area contributed by atoms with Crippen LogP contribution in [0.1, 0.15) is 68.3 Å². The monoisotopic (exact) mass is 343 g/mol. The number of aromatic nitrogens is 3. The fraction of sp³-hybridized carbons (Fsp3) is 0.556. The van der Waals surface area contributed by atoms with Crippen molar-refractivity contribution in [2.24, 2.45) is 0 Å². The standard InChI is InChI=1S/C18H25N5O2/c1-3-4-7-15(14-6-5-10-19-11-14)23(2)18(24)20-12-16-21-17(22-25-16)13-8-9-13/h5-6,10-11,13,15H,3-4,7-9,12H2,1-2H3,(H,20,24)/t15-/m1/s1. The number of nitrogens with zero attached hydrogens (tertiary/aromatic N) is 4. The molecule has 7 heteroatoms. The van der Waals surface area contributed by atoms with Crippen LogP contribution in [0, 0.1) is 0 Å². The molecular formula is C18H25N5O2. The summed E-state index contributed by atoms with van der Waals surface area (Å²) in [6.45, 7) is 2.39. The Hall–Kier alpha value is -2.44. The molecule has 2 aromatic heterocycles. The van der Waals surface area contributed by atoms with Crippen LogP contribution in [0.25, 0.3) is 0 Å². The molecule has 0 unspecified atom stereocenters. The zero-order valence-electron chi connectivity index (χ0n) is 14.8. The van der Waals surface area contributed by atoms with Crippen molar-refractivity contribution in [2.75, 3.05) is 7.05 Å². The first-order valence-electron chi connectivity index (χ1n) is 8.92. The quantitative estimate of drug-likeness (QED) is 0.794. The van der Waals surface area contributed by atoms with Gasteiger partial charge in [0.25, 0.3) is 0 Å². The lowest BCUT2D eigenvalue weighted by molar-refractivity contribution is 0.184. The highest BCUT2D eigenvalue weighted by molar-refractivity contribution is 5.74. The highest BCUT2D eigenvalue weighted by Crippen LogP contribution is 2.38. The third-order valence-corrected chi connectivity index (χ3v) is 4.51. The maximum absolute atomic E-state index is 12.6. The summed E-state index contributed by atoms with van der Waals surface area (Å²) in [6.07, 6.45) is 8.84. The maximum Gasteiger partial charge on any atom is 0.318 e. The Labute approximate surface area is 147 Å². The van der Waals surface area contributed by atoms with Gasteiger partial charge >= 0.3 is 6.03 Å². The van der Waals surface area contributed by atoms with Crippen molar-refractivity contribution in [3.63, 3.8) is 0 Å². The molecule has 0 saturated heterocycles. The summed E-state index contributed by atoms with van der Waals surface area (Å²) in [7, 11) is 1.81. The van der Waals surface area contributed by atoms with Gasteiger partial charge in [0.2, 0.25) is 5.89 Å². The molecule has 1 N–H and O–H groups in total. The van der Waals surface area contributed by atoms with Crippen molar-refractivity contribution in [2.45, 2.75) is 57.5 Å². The summed E-state index contributed by atoms with van der Waals surface area (Å²) >= 11 is 0. The van der Waals surface area contributed by atoms with Crippen molar-refractivity contribution < 1.29 is 9.32 Å². The molecule has 0 radical (unpaired) electrons. The molecule has 2 amide bonds. The lowest BCUT2D eigenvalue weighted by Gasteiger charge is -2.28. The summed E-state index contributed by atoms with van der Waals surface area (Å²) < 4.78 is 5.20. The lowest BCUT2D eigenvalue weighted by Crippen LogP contribution is -2.39. The largest absolute Gasteiger partial charge is 0.337 e. The number of carbonyl (C=O) groups excluding carboxylic acids is 1. The molecule has 0 bridgehead atoms. The van der Waals surface area contributed by atoms with E-state index in [9.17, 15) is 4.79 Å². The van der Waals surface area contributed by atoms with E-state index in [1.54, 1.807) is 11.1 Å². The van der Waals surface area contributed by atoms with Crippen molar-refractivity contribution in [3.05, 3.63) is 41.8 Å². The summed E-state index contributed by atoms with van der Waals surface area (Å²) in [4.78, 5) is 22.8. The molecule has 2 heterocycles. The minimum absolute atomic E-state index is 0.00152. The van der Waals surface area contributed by atoms with Crippen molar-refractivity contribution in [1.29, 1.82) is 0 Å².